The summed E-state index contributed by atoms with van der Waals surface area (Å²) in [6.07, 6.45) is -0.0900. The highest BCUT2D eigenvalue weighted by Gasteiger charge is 2.34. The molecule has 0 radical (unpaired) electrons. The monoisotopic (exact) mass is 288 g/mol. The minimum atomic E-state index is -4.36. The summed E-state index contributed by atoms with van der Waals surface area (Å²) in [4.78, 5) is 3.85. The van der Waals surface area contributed by atoms with Gasteiger partial charge in [0, 0.05) is 25.4 Å². The molecule has 112 valence electrons. The molecule has 2 heterocycles. The molecule has 0 unspecified atom stereocenters. The van der Waals surface area contributed by atoms with Gasteiger partial charge >= 0.3 is 6.18 Å². The lowest BCUT2D eigenvalue weighted by Gasteiger charge is -2.23. The Morgan fingerprint density at radius 2 is 2.30 bits per heavy atom. The second-order valence-corrected chi connectivity index (χ2v) is 4.94. The van der Waals surface area contributed by atoms with Crippen molar-refractivity contribution in [1.82, 2.24) is 10.3 Å². The summed E-state index contributed by atoms with van der Waals surface area (Å²) in [6, 6.07) is 2.45. The highest BCUT2D eigenvalue weighted by Crippen LogP contribution is 2.31. The Balaban J connectivity index is 2.02. The minimum absolute atomic E-state index is 0.0384. The third-order valence-corrected chi connectivity index (χ3v) is 3.58. The molecule has 1 N–H and O–H groups in total. The first-order valence-electron chi connectivity index (χ1n) is 6.88. The fourth-order valence-corrected chi connectivity index (χ4v) is 2.52. The fourth-order valence-electron chi connectivity index (χ4n) is 2.52. The average Bonchev–Trinajstić information content (AvgIpc) is 2.93. The zero-order valence-electron chi connectivity index (χ0n) is 11.4. The second kappa shape index (κ2) is 6.54. The summed E-state index contributed by atoms with van der Waals surface area (Å²) in [5.74, 6) is 0. The van der Waals surface area contributed by atoms with Crippen molar-refractivity contribution in [2.75, 3.05) is 6.61 Å². The Kier molecular flexibility index (Phi) is 4.99. The molecule has 1 saturated heterocycles. The van der Waals surface area contributed by atoms with Crippen molar-refractivity contribution in [2.24, 2.45) is 0 Å². The van der Waals surface area contributed by atoms with Crippen LogP contribution in [0.25, 0.3) is 0 Å². The summed E-state index contributed by atoms with van der Waals surface area (Å²) in [7, 11) is 0. The van der Waals surface area contributed by atoms with Gasteiger partial charge in [-0.1, -0.05) is 6.92 Å². The number of ether oxygens (including phenoxy) is 1. The standard InChI is InChI=1S/C14H19F3N2O/c1-2-11(13-6-4-8-20-13)19-9-12-10(14(15,16)17)5-3-7-18-12/h3,5,7,11,13,19H,2,4,6,8-9H2,1H3/t11-,13+/m1/s1. The van der Waals surface area contributed by atoms with Crippen molar-refractivity contribution in [2.45, 2.75) is 51.1 Å². The van der Waals surface area contributed by atoms with Crippen molar-refractivity contribution in [3.63, 3.8) is 0 Å². The molecule has 0 saturated carbocycles. The lowest BCUT2D eigenvalue weighted by Crippen LogP contribution is -2.39. The van der Waals surface area contributed by atoms with E-state index in [1.807, 2.05) is 6.92 Å². The molecular formula is C14H19F3N2O. The first kappa shape index (κ1) is 15.3. The van der Waals surface area contributed by atoms with Crippen molar-refractivity contribution in [3.05, 3.63) is 29.6 Å². The van der Waals surface area contributed by atoms with Crippen LogP contribution in [-0.4, -0.2) is 23.7 Å². The molecule has 0 spiro atoms. The van der Waals surface area contributed by atoms with E-state index in [0.717, 1.165) is 31.9 Å². The molecule has 1 fully saturated rings. The first-order chi connectivity index (χ1) is 9.52. The number of rotatable bonds is 5. The van der Waals surface area contributed by atoms with Gasteiger partial charge in [-0.05, 0) is 31.4 Å². The van der Waals surface area contributed by atoms with Crippen LogP contribution in [0, 0.1) is 0 Å². The Labute approximate surface area is 116 Å². The third kappa shape index (κ3) is 3.70. The van der Waals surface area contributed by atoms with Gasteiger partial charge in [0.05, 0.1) is 17.4 Å². The van der Waals surface area contributed by atoms with E-state index in [1.165, 1.54) is 12.3 Å². The van der Waals surface area contributed by atoms with Crippen LogP contribution in [0.4, 0.5) is 13.2 Å². The van der Waals surface area contributed by atoms with E-state index in [9.17, 15) is 13.2 Å². The lowest BCUT2D eigenvalue weighted by atomic mass is 10.1. The molecule has 1 aromatic rings. The molecule has 3 nitrogen and oxygen atoms in total. The molecule has 1 aromatic heterocycles. The van der Waals surface area contributed by atoms with Crippen LogP contribution in [0.5, 0.6) is 0 Å². The predicted molar refractivity (Wildman–Crippen MR) is 69.1 cm³/mol. The van der Waals surface area contributed by atoms with Crippen LogP contribution >= 0.6 is 0 Å². The number of aromatic nitrogens is 1. The van der Waals surface area contributed by atoms with Gasteiger partial charge in [-0.2, -0.15) is 13.2 Å². The average molecular weight is 288 g/mol. The number of hydrogen-bond acceptors (Lipinski definition) is 3. The fraction of sp³-hybridized carbons (Fsp3) is 0.643. The van der Waals surface area contributed by atoms with Crippen molar-refractivity contribution in [3.8, 4) is 0 Å². The maximum Gasteiger partial charge on any atom is 0.418 e. The van der Waals surface area contributed by atoms with Gasteiger partial charge in [0.25, 0.3) is 0 Å². The molecular weight excluding hydrogens is 269 g/mol. The first-order valence-corrected chi connectivity index (χ1v) is 6.88. The summed E-state index contributed by atoms with van der Waals surface area (Å²) < 4.78 is 44.2. The van der Waals surface area contributed by atoms with E-state index >= 15 is 0 Å². The Hall–Kier alpha value is -1.14. The SMILES string of the molecule is CC[C@@H](NCc1ncccc1C(F)(F)F)[C@@H]1CCCO1. The Morgan fingerprint density at radius 3 is 2.90 bits per heavy atom. The van der Waals surface area contributed by atoms with E-state index in [1.54, 1.807) is 0 Å². The quantitative estimate of drug-likeness (QED) is 0.903. The van der Waals surface area contributed by atoms with Gasteiger partial charge in [0.15, 0.2) is 0 Å². The van der Waals surface area contributed by atoms with Gasteiger partial charge in [0.2, 0.25) is 0 Å². The maximum atomic E-state index is 12.9. The predicted octanol–water partition coefficient (Wildman–Crippen LogP) is 3.15. The van der Waals surface area contributed by atoms with E-state index in [2.05, 4.69) is 10.3 Å². The van der Waals surface area contributed by atoms with Crippen LogP contribution in [0.15, 0.2) is 18.3 Å². The van der Waals surface area contributed by atoms with E-state index in [4.69, 9.17) is 4.74 Å². The van der Waals surface area contributed by atoms with Gasteiger partial charge in [-0.3, -0.25) is 4.98 Å². The third-order valence-electron chi connectivity index (χ3n) is 3.58. The van der Waals surface area contributed by atoms with Crippen molar-refractivity contribution < 1.29 is 17.9 Å². The normalized spacial score (nSPS) is 21.1. The van der Waals surface area contributed by atoms with Gasteiger partial charge in [-0.15, -0.1) is 0 Å². The van der Waals surface area contributed by atoms with Crippen molar-refractivity contribution in [1.29, 1.82) is 0 Å². The van der Waals surface area contributed by atoms with Crippen LogP contribution < -0.4 is 5.32 Å². The van der Waals surface area contributed by atoms with Crippen LogP contribution in [0.1, 0.15) is 37.4 Å². The zero-order valence-corrected chi connectivity index (χ0v) is 11.4. The van der Waals surface area contributed by atoms with Gasteiger partial charge in [-0.25, -0.2) is 0 Å². The molecule has 0 aromatic carbocycles. The highest BCUT2D eigenvalue weighted by atomic mass is 19.4. The molecule has 0 amide bonds. The number of nitrogens with zero attached hydrogens (tertiary/aromatic N) is 1. The number of pyridine rings is 1. The Bertz CT molecular complexity index is 431. The smallest absolute Gasteiger partial charge is 0.377 e. The maximum absolute atomic E-state index is 12.9. The van der Waals surface area contributed by atoms with Crippen molar-refractivity contribution >= 4 is 0 Å². The number of hydrogen-bond donors (Lipinski definition) is 1. The molecule has 6 heteroatoms. The van der Waals surface area contributed by atoms with E-state index in [0.29, 0.717) is 0 Å². The number of nitrogens with one attached hydrogen (secondary N) is 1. The van der Waals surface area contributed by atoms with Crippen LogP contribution in [0.3, 0.4) is 0 Å². The largest absolute Gasteiger partial charge is 0.418 e. The summed E-state index contributed by atoms with van der Waals surface area (Å²) in [5.41, 5.74) is -0.633. The van der Waals surface area contributed by atoms with E-state index < -0.39 is 11.7 Å². The van der Waals surface area contributed by atoms with E-state index in [-0.39, 0.29) is 24.4 Å². The van der Waals surface area contributed by atoms with Crippen LogP contribution in [0.2, 0.25) is 0 Å². The molecule has 0 aliphatic carbocycles. The molecule has 2 rings (SSSR count). The number of halogens is 3. The topological polar surface area (TPSA) is 34.2 Å². The van der Waals surface area contributed by atoms with Gasteiger partial charge in [0.1, 0.15) is 0 Å². The summed E-state index contributed by atoms with van der Waals surface area (Å²) >= 11 is 0. The zero-order chi connectivity index (χ0) is 14.6. The second-order valence-electron chi connectivity index (χ2n) is 4.94. The summed E-state index contributed by atoms with van der Waals surface area (Å²) in [5, 5.41) is 3.15. The minimum Gasteiger partial charge on any atom is -0.377 e. The molecule has 0 bridgehead atoms. The highest BCUT2D eigenvalue weighted by molar-refractivity contribution is 5.22. The molecule has 2 atom stereocenters. The van der Waals surface area contributed by atoms with Crippen LogP contribution in [-0.2, 0) is 17.5 Å². The summed E-state index contributed by atoms with van der Waals surface area (Å²) in [6.45, 7) is 2.84. The molecule has 1 aliphatic heterocycles. The Morgan fingerprint density at radius 1 is 1.50 bits per heavy atom. The molecule has 1 aliphatic rings. The number of alkyl halides is 3. The molecule has 20 heavy (non-hydrogen) atoms. The lowest BCUT2D eigenvalue weighted by molar-refractivity contribution is -0.138. The van der Waals surface area contributed by atoms with Gasteiger partial charge < -0.3 is 10.1 Å².